The maximum Gasteiger partial charge on any atom is 0.309 e. The number of ether oxygens (including phenoxy) is 2. The summed E-state index contributed by atoms with van der Waals surface area (Å²) in [5.41, 5.74) is 1.10. The first-order valence-electron chi connectivity index (χ1n) is 5.04. The van der Waals surface area contributed by atoms with Crippen LogP contribution in [0.25, 0.3) is 0 Å². The third kappa shape index (κ3) is 3.79. The smallest absolute Gasteiger partial charge is 0.309 e. The van der Waals surface area contributed by atoms with Crippen molar-refractivity contribution in [1.29, 1.82) is 0 Å². The van der Waals surface area contributed by atoms with E-state index in [4.69, 9.17) is 14.6 Å². The Bertz CT molecular complexity index is 440. The molecule has 1 aromatic rings. The fraction of sp³-hybridized carbons (Fsp3) is 0.333. The first-order chi connectivity index (χ1) is 8.06. The van der Waals surface area contributed by atoms with Crippen LogP contribution in [-0.4, -0.2) is 31.0 Å². The van der Waals surface area contributed by atoms with Crippen LogP contribution in [0.3, 0.4) is 0 Å². The van der Waals surface area contributed by atoms with E-state index >= 15 is 0 Å². The lowest BCUT2D eigenvalue weighted by molar-refractivity contribution is -0.135. The highest BCUT2D eigenvalue weighted by atomic mass is 16.5. The van der Waals surface area contributed by atoms with E-state index in [-0.39, 0.29) is 6.42 Å². The van der Waals surface area contributed by atoms with Crippen LogP contribution in [-0.2, 0) is 4.79 Å². The molecule has 0 aliphatic heterocycles. The Morgan fingerprint density at radius 2 is 2.06 bits per heavy atom. The predicted octanol–water partition coefficient (Wildman–Crippen LogP) is 2.27. The molecule has 0 unspecified atom stereocenters. The van der Waals surface area contributed by atoms with Crippen molar-refractivity contribution in [3.63, 3.8) is 0 Å². The van der Waals surface area contributed by atoms with Gasteiger partial charge in [-0.05, 0) is 19.1 Å². The van der Waals surface area contributed by atoms with Crippen LogP contribution in [0.5, 0.6) is 11.5 Å². The van der Waals surface area contributed by atoms with Crippen molar-refractivity contribution in [2.75, 3.05) is 14.2 Å². The Kier molecular flexibility index (Phi) is 4.51. The molecule has 0 fully saturated rings. The lowest BCUT2D eigenvalue weighted by atomic mass is 10.2. The first-order valence-corrected chi connectivity index (χ1v) is 5.04. The number of carboxylic acids is 1. The molecule has 0 aromatic heterocycles. The zero-order valence-electron chi connectivity index (χ0n) is 10.1. The molecule has 1 aromatic carbocycles. The van der Waals surface area contributed by atoms with Crippen LogP contribution >= 0.6 is 0 Å². The topological polar surface area (TPSA) is 68.1 Å². The van der Waals surface area contributed by atoms with Gasteiger partial charge in [0.25, 0.3) is 0 Å². The van der Waals surface area contributed by atoms with Gasteiger partial charge in [-0.3, -0.25) is 9.79 Å². The number of hydrogen-bond acceptors (Lipinski definition) is 4. The summed E-state index contributed by atoms with van der Waals surface area (Å²) in [5.74, 6) is 0.310. The van der Waals surface area contributed by atoms with Gasteiger partial charge in [-0.25, -0.2) is 0 Å². The second kappa shape index (κ2) is 5.89. The van der Waals surface area contributed by atoms with E-state index in [0.29, 0.717) is 22.9 Å². The van der Waals surface area contributed by atoms with Gasteiger partial charge in [-0.15, -0.1) is 0 Å². The van der Waals surface area contributed by atoms with Gasteiger partial charge in [0.1, 0.15) is 17.2 Å². The maximum absolute atomic E-state index is 10.5. The standard InChI is InChI=1S/C12H15NO4/c1-8(6-12(14)15)13-10-5-4-9(16-2)7-11(10)17-3/h4-5,7H,6H2,1-3H3,(H,14,15). The van der Waals surface area contributed by atoms with Gasteiger partial charge in [0.15, 0.2) is 0 Å². The second-order valence-electron chi connectivity index (χ2n) is 3.46. The number of carboxylic acid groups (broad SMARTS) is 1. The number of nitrogens with zero attached hydrogens (tertiary/aromatic N) is 1. The average Bonchev–Trinajstić information content (AvgIpc) is 2.28. The molecular weight excluding hydrogens is 222 g/mol. The molecule has 1 rings (SSSR count). The Hall–Kier alpha value is -2.04. The molecule has 1 N–H and O–H groups in total. The summed E-state index contributed by atoms with van der Waals surface area (Å²) in [7, 11) is 3.09. The van der Waals surface area contributed by atoms with Crippen LogP contribution in [0.2, 0.25) is 0 Å². The Morgan fingerprint density at radius 3 is 2.59 bits per heavy atom. The molecule has 0 bridgehead atoms. The fourth-order valence-corrected chi connectivity index (χ4v) is 1.34. The van der Waals surface area contributed by atoms with Crippen LogP contribution in [0.4, 0.5) is 5.69 Å². The number of carbonyl (C=O) groups is 1. The molecule has 0 saturated heterocycles. The number of benzene rings is 1. The summed E-state index contributed by atoms with van der Waals surface area (Å²) in [6, 6.07) is 5.17. The minimum Gasteiger partial charge on any atom is -0.497 e. The van der Waals surface area contributed by atoms with Crippen molar-refractivity contribution in [2.24, 2.45) is 4.99 Å². The summed E-state index contributed by atoms with van der Waals surface area (Å²) in [6.45, 7) is 1.66. The van der Waals surface area contributed by atoms with Gasteiger partial charge in [-0.2, -0.15) is 0 Å². The third-order valence-electron chi connectivity index (χ3n) is 2.11. The molecular formula is C12H15NO4. The fourth-order valence-electron chi connectivity index (χ4n) is 1.34. The zero-order chi connectivity index (χ0) is 12.8. The van der Waals surface area contributed by atoms with Crippen molar-refractivity contribution in [1.82, 2.24) is 0 Å². The molecule has 0 radical (unpaired) electrons. The van der Waals surface area contributed by atoms with E-state index < -0.39 is 5.97 Å². The number of aliphatic carboxylic acids is 1. The maximum atomic E-state index is 10.5. The highest BCUT2D eigenvalue weighted by Crippen LogP contribution is 2.31. The van der Waals surface area contributed by atoms with E-state index in [9.17, 15) is 4.79 Å². The SMILES string of the molecule is COc1ccc(N=C(C)CC(=O)O)c(OC)c1. The Labute approximate surface area is 99.7 Å². The molecule has 92 valence electrons. The van der Waals surface area contributed by atoms with Gasteiger partial charge >= 0.3 is 5.97 Å². The number of hydrogen-bond donors (Lipinski definition) is 1. The van der Waals surface area contributed by atoms with Crippen LogP contribution in [0.15, 0.2) is 23.2 Å². The van der Waals surface area contributed by atoms with Crippen molar-refractivity contribution in [3.8, 4) is 11.5 Å². The number of rotatable bonds is 5. The quantitative estimate of drug-likeness (QED) is 0.797. The largest absolute Gasteiger partial charge is 0.497 e. The van der Waals surface area contributed by atoms with Crippen molar-refractivity contribution >= 4 is 17.4 Å². The van der Waals surface area contributed by atoms with E-state index in [0.717, 1.165) is 0 Å². The van der Waals surface area contributed by atoms with Crippen LogP contribution in [0.1, 0.15) is 13.3 Å². The van der Waals surface area contributed by atoms with Crippen molar-refractivity contribution < 1.29 is 19.4 Å². The Balaban J connectivity index is 3.01. The second-order valence-corrected chi connectivity index (χ2v) is 3.46. The highest BCUT2D eigenvalue weighted by molar-refractivity contribution is 5.98. The predicted molar refractivity (Wildman–Crippen MR) is 64.6 cm³/mol. The number of aliphatic imine (C=N–C) groups is 1. The van der Waals surface area contributed by atoms with Crippen molar-refractivity contribution in [2.45, 2.75) is 13.3 Å². The highest BCUT2D eigenvalue weighted by Gasteiger charge is 2.06. The molecule has 0 saturated carbocycles. The van der Waals surface area contributed by atoms with E-state index in [1.807, 2.05) is 0 Å². The van der Waals surface area contributed by atoms with Gasteiger partial charge in [0.2, 0.25) is 0 Å². The normalized spacial score (nSPS) is 11.1. The summed E-state index contributed by atoms with van der Waals surface area (Å²) in [5, 5.41) is 8.64. The lowest BCUT2D eigenvalue weighted by Gasteiger charge is -2.07. The van der Waals surface area contributed by atoms with Crippen molar-refractivity contribution in [3.05, 3.63) is 18.2 Å². The molecule has 0 spiro atoms. The Morgan fingerprint density at radius 1 is 1.35 bits per heavy atom. The van der Waals surface area contributed by atoms with Gasteiger partial charge in [0.05, 0.1) is 20.6 Å². The summed E-state index contributed by atoms with van der Waals surface area (Å²) < 4.78 is 10.2. The minimum absolute atomic E-state index is 0.0881. The molecule has 0 atom stereocenters. The lowest BCUT2D eigenvalue weighted by Crippen LogP contribution is -2.02. The summed E-state index contributed by atoms with van der Waals surface area (Å²) >= 11 is 0. The van der Waals surface area contributed by atoms with E-state index in [1.165, 1.54) is 7.11 Å². The summed E-state index contributed by atoms with van der Waals surface area (Å²) in [6.07, 6.45) is -0.0881. The minimum atomic E-state index is -0.904. The van der Waals surface area contributed by atoms with E-state index in [2.05, 4.69) is 4.99 Å². The molecule has 0 heterocycles. The van der Waals surface area contributed by atoms with Crippen LogP contribution in [0, 0.1) is 0 Å². The summed E-state index contributed by atoms with van der Waals surface area (Å²) in [4.78, 5) is 14.7. The molecule has 0 amide bonds. The molecule has 0 aliphatic rings. The third-order valence-corrected chi connectivity index (χ3v) is 2.11. The monoisotopic (exact) mass is 237 g/mol. The molecule has 0 aliphatic carbocycles. The van der Waals surface area contributed by atoms with Crippen LogP contribution < -0.4 is 9.47 Å². The number of methoxy groups -OCH3 is 2. The molecule has 5 nitrogen and oxygen atoms in total. The van der Waals surface area contributed by atoms with Gasteiger partial charge in [-0.1, -0.05) is 0 Å². The van der Waals surface area contributed by atoms with Gasteiger partial charge < -0.3 is 14.6 Å². The molecule has 17 heavy (non-hydrogen) atoms. The van der Waals surface area contributed by atoms with Gasteiger partial charge in [0, 0.05) is 11.8 Å². The first kappa shape index (κ1) is 13.0. The average molecular weight is 237 g/mol. The molecule has 5 heteroatoms. The zero-order valence-corrected chi connectivity index (χ0v) is 10.1. The van der Waals surface area contributed by atoms with E-state index in [1.54, 1.807) is 32.2 Å².